The Morgan fingerprint density at radius 1 is 1.52 bits per heavy atom. The molecule has 0 aliphatic carbocycles. The molecule has 2 N–H and O–H groups in total. The molecule has 2 rings (SSSR count). The van der Waals surface area contributed by atoms with Gasteiger partial charge in [0.2, 0.25) is 0 Å². The number of amides is 1. The third-order valence-electron chi connectivity index (χ3n) is 3.84. The van der Waals surface area contributed by atoms with Crippen LogP contribution >= 0.6 is 12.4 Å². The zero-order chi connectivity index (χ0) is 14.5. The molecule has 1 aromatic carbocycles. The second-order valence-electron chi connectivity index (χ2n) is 5.51. The third kappa shape index (κ3) is 4.61. The third-order valence-corrected chi connectivity index (χ3v) is 3.84. The van der Waals surface area contributed by atoms with Crippen LogP contribution in [0.15, 0.2) is 24.3 Å². The highest BCUT2D eigenvalue weighted by molar-refractivity contribution is 5.85. The fraction of sp³-hybridized carbons (Fsp3) is 0.562. The molecular formula is C16H25ClN2O2. The van der Waals surface area contributed by atoms with Gasteiger partial charge in [0.15, 0.2) is 6.10 Å². The Kier molecular flexibility index (Phi) is 6.99. The standard InChI is InChI=1S/C16H24N2O2.ClH/c1-3-15(20-14-6-4-5-12(2)9-14)16(19)18-8-7-13(10-17)11-18;/h4-6,9,13,15H,3,7-8,10-11,17H2,1-2H3;1H. The number of carbonyl (C=O) groups is 1. The van der Waals surface area contributed by atoms with Gasteiger partial charge < -0.3 is 15.4 Å². The van der Waals surface area contributed by atoms with Gasteiger partial charge in [0.1, 0.15) is 5.75 Å². The maximum Gasteiger partial charge on any atom is 0.263 e. The lowest BCUT2D eigenvalue weighted by atomic mass is 10.1. The number of benzene rings is 1. The molecule has 21 heavy (non-hydrogen) atoms. The fourth-order valence-corrected chi connectivity index (χ4v) is 2.59. The van der Waals surface area contributed by atoms with Crippen LogP contribution < -0.4 is 10.5 Å². The molecule has 0 spiro atoms. The number of nitrogens with two attached hydrogens (primary N) is 1. The van der Waals surface area contributed by atoms with Crippen molar-refractivity contribution in [3.63, 3.8) is 0 Å². The molecule has 0 saturated carbocycles. The molecule has 1 amide bonds. The highest BCUT2D eigenvalue weighted by Crippen LogP contribution is 2.20. The van der Waals surface area contributed by atoms with Crippen LogP contribution in [0.2, 0.25) is 0 Å². The summed E-state index contributed by atoms with van der Waals surface area (Å²) in [7, 11) is 0. The molecule has 1 aliphatic rings. The van der Waals surface area contributed by atoms with Crippen molar-refractivity contribution in [3.8, 4) is 5.75 Å². The Morgan fingerprint density at radius 3 is 2.86 bits per heavy atom. The van der Waals surface area contributed by atoms with Crippen molar-refractivity contribution in [2.45, 2.75) is 32.8 Å². The first-order valence-electron chi connectivity index (χ1n) is 7.36. The van der Waals surface area contributed by atoms with Gasteiger partial charge in [-0.2, -0.15) is 0 Å². The maximum atomic E-state index is 12.5. The van der Waals surface area contributed by atoms with E-state index in [0.717, 1.165) is 30.8 Å². The Hall–Kier alpha value is -1.26. The molecule has 118 valence electrons. The van der Waals surface area contributed by atoms with E-state index in [4.69, 9.17) is 10.5 Å². The first kappa shape index (κ1) is 17.8. The van der Waals surface area contributed by atoms with Gasteiger partial charge in [0.25, 0.3) is 5.91 Å². The van der Waals surface area contributed by atoms with Crippen molar-refractivity contribution in [2.24, 2.45) is 11.7 Å². The molecule has 2 unspecified atom stereocenters. The van der Waals surface area contributed by atoms with Gasteiger partial charge >= 0.3 is 0 Å². The molecule has 1 fully saturated rings. The summed E-state index contributed by atoms with van der Waals surface area (Å²) in [4.78, 5) is 14.4. The molecule has 4 nitrogen and oxygen atoms in total. The fourth-order valence-electron chi connectivity index (χ4n) is 2.59. The highest BCUT2D eigenvalue weighted by Gasteiger charge is 2.30. The molecule has 0 aromatic heterocycles. The number of rotatable bonds is 5. The zero-order valence-corrected chi connectivity index (χ0v) is 13.6. The van der Waals surface area contributed by atoms with Crippen LogP contribution in [0.25, 0.3) is 0 Å². The number of hydrogen-bond acceptors (Lipinski definition) is 3. The summed E-state index contributed by atoms with van der Waals surface area (Å²) in [6, 6.07) is 7.82. The minimum atomic E-state index is -0.395. The van der Waals surface area contributed by atoms with E-state index in [9.17, 15) is 4.79 Å². The second kappa shape index (κ2) is 8.25. The molecule has 1 aromatic rings. The van der Waals surface area contributed by atoms with E-state index in [0.29, 0.717) is 18.9 Å². The molecule has 5 heteroatoms. The van der Waals surface area contributed by atoms with E-state index in [1.807, 2.05) is 43.0 Å². The molecule has 1 saturated heterocycles. The molecule has 0 radical (unpaired) electrons. The van der Waals surface area contributed by atoms with Crippen LogP contribution in [-0.2, 0) is 4.79 Å². The monoisotopic (exact) mass is 312 g/mol. The van der Waals surface area contributed by atoms with E-state index in [1.165, 1.54) is 0 Å². The molecule has 1 aliphatic heterocycles. The van der Waals surface area contributed by atoms with Crippen LogP contribution in [0.3, 0.4) is 0 Å². The number of hydrogen-bond donors (Lipinski definition) is 1. The second-order valence-corrected chi connectivity index (χ2v) is 5.51. The van der Waals surface area contributed by atoms with Gasteiger partial charge in [-0.15, -0.1) is 12.4 Å². The summed E-state index contributed by atoms with van der Waals surface area (Å²) >= 11 is 0. The lowest BCUT2D eigenvalue weighted by molar-refractivity contribution is -0.137. The maximum absolute atomic E-state index is 12.5. The highest BCUT2D eigenvalue weighted by atomic mass is 35.5. The Bertz CT molecular complexity index is 467. The van der Waals surface area contributed by atoms with Crippen molar-refractivity contribution >= 4 is 18.3 Å². The number of ether oxygens (including phenoxy) is 1. The number of aryl methyl sites for hydroxylation is 1. The van der Waals surface area contributed by atoms with Gasteiger partial charge in [-0.05, 0) is 49.9 Å². The average Bonchev–Trinajstić information content (AvgIpc) is 2.93. The van der Waals surface area contributed by atoms with Crippen molar-refractivity contribution < 1.29 is 9.53 Å². The Morgan fingerprint density at radius 2 is 2.29 bits per heavy atom. The van der Waals surface area contributed by atoms with E-state index in [2.05, 4.69) is 0 Å². The summed E-state index contributed by atoms with van der Waals surface area (Å²) in [6.07, 6.45) is 1.29. The van der Waals surface area contributed by atoms with E-state index < -0.39 is 6.10 Å². The molecule has 0 bridgehead atoms. The lowest BCUT2D eigenvalue weighted by Crippen LogP contribution is -2.40. The molecule has 1 heterocycles. The van der Waals surface area contributed by atoms with Crippen LogP contribution in [-0.4, -0.2) is 36.5 Å². The molecule has 2 atom stereocenters. The summed E-state index contributed by atoms with van der Waals surface area (Å²) in [6.45, 7) is 6.22. The topological polar surface area (TPSA) is 55.6 Å². The van der Waals surface area contributed by atoms with Gasteiger partial charge in [0, 0.05) is 13.1 Å². The van der Waals surface area contributed by atoms with Crippen molar-refractivity contribution in [3.05, 3.63) is 29.8 Å². The minimum Gasteiger partial charge on any atom is -0.481 e. The number of nitrogens with zero attached hydrogens (tertiary/aromatic N) is 1. The predicted molar refractivity (Wildman–Crippen MR) is 86.9 cm³/mol. The van der Waals surface area contributed by atoms with Crippen molar-refractivity contribution in [1.82, 2.24) is 4.90 Å². The van der Waals surface area contributed by atoms with E-state index in [-0.39, 0.29) is 18.3 Å². The van der Waals surface area contributed by atoms with Gasteiger partial charge in [-0.3, -0.25) is 4.79 Å². The minimum absolute atomic E-state index is 0. The zero-order valence-electron chi connectivity index (χ0n) is 12.7. The first-order chi connectivity index (χ1) is 9.63. The normalized spacial score (nSPS) is 19.0. The Balaban J connectivity index is 0.00000220. The van der Waals surface area contributed by atoms with Crippen molar-refractivity contribution in [1.29, 1.82) is 0 Å². The number of carbonyl (C=O) groups excluding carboxylic acids is 1. The average molecular weight is 313 g/mol. The summed E-state index contributed by atoms with van der Waals surface area (Å²) in [5.41, 5.74) is 6.81. The van der Waals surface area contributed by atoms with Gasteiger partial charge in [-0.25, -0.2) is 0 Å². The van der Waals surface area contributed by atoms with Crippen LogP contribution in [0.1, 0.15) is 25.3 Å². The quantitative estimate of drug-likeness (QED) is 0.908. The smallest absolute Gasteiger partial charge is 0.263 e. The Labute approximate surface area is 133 Å². The summed E-state index contributed by atoms with van der Waals surface area (Å²) < 4.78 is 5.87. The summed E-state index contributed by atoms with van der Waals surface area (Å²) in [5.74, 6) is 1.29. The van der Waals surface area contributed by atoms with Crippen molar-refractivity contribution in [2.75, 3.05) is 19.6 Å². The van der Waals surface area contributed by atoms with E-state index >= 15 is 0 Å². The number of likely N-dealkylation sites (tertiary alicyclic amines) is 1. The number of halogens is 1. The SMILES string of the molecule is CCC(Oc1cccc(C)c1)C(=O)N1CCC(CN)C1.Cl. The first-order valence-corrected chi connectivity index (χ1v) is 7.36. The van der Waals surface area contributed by atoms with Crippen LogP contribution in [0, 0.1) is 12.8 Å². The predicted octanol–water partition coefficient (Wildman–Crippen LogP) is 2.38. The largest absolute Gasteiger partial charge is 0.481 e. The van der Waals surface area contributed by atoms with Gasteiger partial charge in [-0.1, -0.05) is 19.1 Å². The summed E-state index contributed by atoms with van der Waals surface area (Å²) in [5, 5.41) is 0. The van der Waals surface area contributed by atoms with Crippen LogP contribution in [0.4, 0.5) is 0 Å². The van der Waals surface area contributed by atoms with Gasteiger partial charge in [0.05, 0.1) is 0 Å². The lowest BCUT2D eigenvalue weighted by Gasteiger charge is -2.23. The van der Waals surface area contributed by atoms with Crippen LogP contribution in [0.5, 0.6) is 5.75 Å². The van der Waals surface area contributed by atoms with E-state index in [1.54, 1.807) is 0 Å². The molecular weight excluding hydrogens is 288 g/mol.